The third-order valence-corrected chi connectivity index (χ3v) is 5.68. The van der Waals surface area contributed by atoms with Crippen LogP contribution in [0.15, 0.2) is 36.7 Å². The van der Waals surface area contributed by atoms with E-state index >= 15 is 0 Å². The van der Waals surface area contributed by atoms with Gasteiger partial charge in [0.25, 0.3) is 5.91 Å². The van der Waals surface area contributed by atoms with E-state index in [9.17, 15) is 18.0 Å². The maximum absolute atomic E-state index is 12.7. The van der Waals surface area contributed by atoms with E-state index in [1.807, 2.05) is 17.0 Å². The van der Waals surface area contributed by atoms with E-state index in [0.717, 1.165) is 47.1 Å². The van der Waals surface area contributed by atoms with Crippen molar-refractivity contribution in [2.24, 2.45) is 0 Å². The Morgan fingerprint density at radius 3 is 2.64 bits per heavy atom. The highest BCUT2D eigenvalue weighted by Crippen LogP contribution is 2.32. The Bertz CT molecular complexity index is 995. The molecule has 4 rings (SSSR count). The van der Waals surface area contributed by atoms with Gasteiger partial charge in [-0.15, -0.1) is 11.3 Å². The molecule has 0 bridgehead atoms. The summed E-state index contributed by atoms with van der Waals surface area (Å²) in [5, 5.41) is 4.80. The molecule has 0 aromatic carbocycles. The van der Waals surface area contributed by atoms with Crippen LogP contribution in [0.5, 0.6) is 0 Å². The Balaban J connectivity index is 1.50. The number of carbonyl (C=O) groups is 1. The second-order valence-electron chi connectivity index (χ2n) is 6.58. The van der Waals surface area contributed by atoms with Gasteiger partial charge >= 0.3 is 6.18 Å². The van der Waals surface area contributed by atoms with Crippen molar-refractivity contribution < 1.29 is 18.0 Å². The zero-order valence-electron chi connectivity index (χ0n) is 14.8. The van der Waals surface area contributed by atoms with Crippen LogP contribution < -0.4 is 5.32 Å². The minimum atomic E-state index is -4.44. The molecule has 0 aliphatic carbocycles. The number of rotatable bonds is 4. The van der Waals surface area contributed by atoms with Crippen LogP contribution in [0.3, 0.4) is 0 Å². The number of amides is 1. The molecule has 0 atom stereocenters. The fourth-order valence-corrected chi connectivity index (χ4v) is 4.13. The number of aromatic nitrogens is 2. The summed E-state index contributed by atoms with van der Waals surface area (Å²) in [6, 6.07) is 6.10. The van der Waals surface area contributed by atoms with E-state index in [2.05, 4.69) is 15.3 Å². The van der Waals surface area contributed by atoms with Gasteiger partial charge in [-0.2, -0.15) is 13.2 Å². The summed E-state index contributed by atoms with van der Waals surface area (Å²) in [6.07, 6.45) is 0.431. The molecule has 0 radical (unpaired) electrons. The van der Waals surface area contributed by atoms with E-state index < -0.39 is 11.9 Å². The van der Waals surface area contributed by atoms with Gasteiger partial charge in [0, 0.05) is 42.1 Å². The number of nitrogens with one attached hydrogen (secondary N) is 1. The Labute approximate surface area is 163 Å². The van der Waals surface area contributed by atoms with Gasteiger partial charge in [0.1, 0.15) is 11.4 Å². The van der Waals surface area contributed by atoms with Crippen molar-refractivity contribution in [2.75, 3.05) is 18.4 Å². The zero-order chi connectivity index (χ0) is 19.7. The number of hydrogen-bond acceptors (Lipinski definition) is 5. The highest BCUT2D eigenvalue weighted by atomic mass is 32.1. The molecule has 1 N–H and O–H groups in total. The molecular weight excluding hydrogens is 389 g/mol. The highest BCUT2D eigenvalue weighted by molar-refractivity contribution is 7.22. The van der Waals surface area contributed by atoms with Crippen molar-refractivity contribution in [3.63, 3.8) is 0 Å². The normalized spacial score (nSPS) is 14.6. The predicted molar refractivity (Wildman–Crippen MR) is 101 cm³/mol. The minimum absolute atomic E-state index is 0.0561. The van der Waals surface area contributed by atoms with Gasteiger partial charge < -0.3 is 10.2 Å². The Morgan fingerprint density at radius 1 is 1.18 bits per heavy atom. The van der Waals surface area contributed by atoms with E-state index in [1.54, 1.807) is 6.20 Å². The maximum Gasteiger partial charge on any atom is 0.433 e. The number of alkyl halides is 3. The van der Waals surface area contributed by atoms with Gasteiger partial charge in [0.05, 0.1) is 5.00 Å². The first kappa shape index (κ1) is 18.7. The molecule has 0 spiro atoms. The van der Waals surface area contributed by atoms with Gasteiger partial charge in [-0.3, -0.25) is 14.8 Å². The fourth-order valence-electron chi connectivity index (χ4n) is 3.18. The van der Waals surface area contributed by atoms with Gasteiger partial charge in [0.2, 0.25) is 0 Å². The molecular formula is C19H17F3N4OS. The third kappa shape index (κ3) is 3.80. The molecule has 1 fully saturated rings. The van der Waals surface area contributed by atoms with Crippen molar-refractivity contribution in [3.05, 3.63) is 53.6 Å². The molecule has 4 heterocycles. The van der Waals surface area contributed by atoms with Crippen LogP contribution in [0, 0.1) is 0 Å². The number of halogens is 3. The summed E-state index contributed by atoms with van der Waals surface area (Å²) < 4.78 is 38.7. The van der Waals surface area contributed by atoms with Crippen molar-refractivity contribution >= 4 is 32.3 Å². The van der Waals surface area contributed by atoms with Crippen LogP contribution in [0.2, 0.25) is 0 Å². The van der Waals surface area contributed by atoms with Crippen molar-refractivity contribution in [1.82, 2.24) is 14.9 Å². The monoisotopic (exact) mass is 406 g/mol. The van der Waals surface area contributed by atoms with Crippen molar-refractivity contribution in [1.29, 1.82) is 0 Å². The summed E-state index contributed by atoms with van der Waals surface area (Å²) >= 11 is 1.48. The molecule has 9 heteroatoms. The number of pyridine rings is 2. The molecule has 28 heavy (non-hydrogen) atoms. The predicted octanol–water partition coefficient (Wildman–Crippen LogP) is 4.56. The lowest BCUT2D eigenvalue weighted by atomic mass is 10.2. The van der Waals surface area contributed by atoms with Crippen LogP contribution in [0.4, 0.5) is 18.2 Å². The Kier molecular flexibility index (Phi) is 4.92. The highest BCUT2D eigenvalue weighted by Gasteiger charge is 2.32. The van der Waals surface area contributed by atoms with Gasteiger partial charge in [-0.25, -0.2) is 0 Å². The number of anilines is 1. The first-order valence-corrected chi connectivity index (χ1v) is 9.67. The molecule has 3 aromatic rings. The lowest BCUT2D eigenvalue weighted by Crippen LogP contribution is -2.28. The van der Waals surface area contributed by atoms with E-state index in [-0.39, 0.29) is 5.91 Å². The van der Waals surface area contributed by atoms with Crippen molar-refractivity contribution in [3.8, 4) is 0 Å². The number of carbonyl (C=O) groups excluding carboxylic acids is 1. The summed E-state index contributed by atoms with van der Waals surface area (Å²) in [7, 11) is 0. The van der Waals surface area contributed by atoms with Crippen LogP contribution in [-0.2, 0) is 12.7 Å². The number of fused-ring (bicyclic) bond motifs is 1. The SMILES string of the molecule is O=C(c1nccc2sc(NCc3ccc(C(F)(F)F)nc3)cc12)N1CCCC1. The van der Waals surface area contributed by atoms with Gasteiger partial charge in [-0.05, 0) is 36.6 Å². The average Bonchev–Trinajstić information content (AvgIpc) is 3.34. The molecule has 5 nitrogen and oxygen atoms in total. The first-order chi connectivity index (χ1) is 13.4. The zero-order valence-corrected chi connectivity index (χ0v) is 15.6. The summed E-state index contributed by atoms with van der Waals surface area (Å²) in [5.41, 5.74) is 0.172. The van der Waals surface area contributed by atoms with Crippen molar-refractivity contribution in [2.45, 2.75) is 25.6 Å². The number of likely N-dealkylation sites (tertiary alicyclic amines) is 1. The quantitative estimate of drug-likeness (QED) is 0.690. The second kappa shape index (κ2) is 7.38. The largest absolute Gasteiger partial charge is 0.433 e. The first-order valence-electron chi connectivity index (χ1n) is 8.85. The van der Waals surface area contributed by atoms with Crippen LogP contribution >= 0.6 is 11.3 Å². The minimum Gasteiger partial charge on any atom is -0.373 e. The molecule has 1 amide bonds. The van der Waals surface area contributed by atoms with E-state index in [4.69, 9.17) is 0 Å². The second-order valence-corrected chi connectivity index (χ2v) is 7.67. The lowest BCUT2D eigenvalue weighted by molar-refractivity contribution is -0.141. The third-order valence-electron chi connectivity index (χ3n) is 4.62. The number of hydrogen-bond donors (Lipinski definition) is 1. The fraction of sp³-hybridized carbons (Fsp3) is 0.316. The molecule has 146 valence electrons. The van der Waals surface area contributed by atoms with Gasteiger partial charge in [0.15, 0.2) is 0 Å². The van der Waals surface area contributed by atoms with E-state index in [1.165, 1.54) is 23.6 Å². The van der Waals surface area contributed by atoms with E-state index in [0.29, 0.717) is 17.8 Å². The molecule has 0 saturated carbocycles. The number of nitrogens with zero attached hydrogens (tertiary/aromatic N) is 3. The number of thiophene rings is 1. The molecule has 1 saturated heterocycles. The van der Waals surface area contributed by atoms with Crippen LogP contribution in [0.25, 0.3) is 10.1 Å². The molecule has 0 unspecified atom stereocenters. The topological polar surface area (TPSA) is 58.1 Å². The van der Waals surface area contributed by atoms with Crippen LogP contribution in [-0.4, -0.2) is 33.9 Å². The average molecular weight is 406 g/mol. The summed E-state index contributed by atoms with van der Waals surface area (Å²) in [6.45, 7) is 1.85. The Hall–Kier alpha value is -2.68. The van der Waals surface area contributed by atoms with Crippen LogP contribution in [0.1, 0.15) is 34.6 Å². The Morgan fingerprint density at radius 2 is 1.96 bits per heavy atom. The summed E-state index contributed by atoms with van der Waals surface area (Å²) in [5.74, 6) is -0.0561. The smallest absolute Gasteiger partial charge is 0.373 e. The summed E-state index contributed by atoms with van der Waals surface area (Å²) in [4.78, 5) is 22.3. The lowest BCUT2D eigenvalue weighted by Gasteiger charge is -2.14. The standard InChI is InChI=1S/C19H17F3N4OS/c20-19(21,22)15-4-3-12(10-24-15)11-25-16-9-13-14(28-16)5-6-23-17(13)18(27)26-7-1-2-8-26/h3-6,9-10,25H,1-2,7-8,11H2. The maximum atomic E-state index is 12.7. The van der Waals surface area contributed by atoms with Gasteiger partial charge in [-0.1, -0.05) is 6.07 Å². The molecule has 3 aromatic heterocycles. The molecule has 1 aliphatic heterocycles. The molecule has 1 aliphatic rings.